The summed E-state index contributed by atoms with van der Waals surface area (Å²) in [4.78, 5) is 21.4. The summed E-state index contributed by atoms with van der Waals surface area (Å²) < 4.78 is 0. The van der Waals surface area contributed by atoms with Crippen LogP contribution in [0.4, 0.5) is 0 Å². The summed E-state index contributed by atoms with van der Waals surface area (Å²) in [5, 5.41) is 17.6. The van der Waals surface area contributed by atoms with E-state index in [4.69, 9.17) is 10.2 Å². The average molecular weight is 198 g/mol. The first-order valence-corrected chi connectivity index (χ1v) is 4.76. The molecule has 4 heteroatoms. The Kier molecular flexibility index (Phi) is 3.68. The number of carboxylic acids is 2. The van der Waals surface area contributed by atoms with Crippen LogP contribution in [0.5, 0.6) is 0 Å². The van der Waals surface area contributed by atoms with Crippen molar-refractivity contribution in [2.45, 2.75) is 32.1 Å². The van der Waals surface area contributed by atoms with Gasteiger partial charge in [0.15, 0.2) is 0 Å². The van der Waals surface area contributed by atoms with Crippen LogP contribution in [0.3, 0.4) is 0 Å². The zero-order valence-corrected chi connectivity index (χ0v) is 7.90. The van der Waals surface area contributed by atoms with E-state index in [0.29, 0.717) is 31.3 Å². The number of carboxylic acid groups (broad SMARTS) is 2. The van der Waals surface area contributed by atoms with Gasteiger partial charge in [0.25, 0.3) is 0 Å². The number of allylic oxidation sites excluding steroid dienone is 1. The fraction of sp³-hybridized carbons (Fsp3) is 0.600. The van der Waals surface area contributed by atoms with Crippen LogP contribution in [-0.4, -0.2) is 22.2 Å². The molecule has 1 aliphatic carbocycles. The van der Waals surface area contributed by atoms with Crippen molar-refractivity contribution in [2.75, 3.05) is 0 Å². The molecule has 1 atom stereocenters. The Morgan fingerprint density at radius 1 is 1.29 bits per heavy atom. The number of carbonyl (C=O) groups is 2. The molecule has 1 aliphatic rings. The molecule has 0 aromatic carbocycles. The van der Waals surface area contributed by atoms with Gasteiger partial charge in [0.05, 0.1) is 5.92 Å². The predicted molar refractivity (Wildman–Crippen MR) is 49.9 cm³/mol. The Morgan fingerprint density at radius 2 is 2.00 bits per heavy atom. The fourth-order valence-electron chi connectivity index (χ4n) is 1.66. The van der Waals surface area contributed by atoms with Gasteiger partial charge in [-0.25, -0.2) is 4.79 Å². The van der Waals surface area contributed by atoms with Crippen molar-refractivity contribution in [1.82, 2.24) is 0 Å². The molecule has 0 aliphatic heterocycles. The zero-order chi connectivity index (χ0) is 10.6. The van der Waals surface area contributed by atoms with Crippen LogP contribution in [0.2, 0.25) is 0 Å². The van der Waals surface area contributed by atoms with Gasteiger partial charge >= 0.3 is 11.9 Å². The Bertz CT molecular complexity index is 267. The molecule has 0 fully saturated rings. The molecule has 0 spiro atoms. The van der Waals surface area contributed by atoms with Gasteiger partial charge in [0, 0.05) is 5.57 Å². The van der Waals surface area contributed by atoms with Gasteiger partial charge in [-0.3, -0.25) is 4.79 Å². The summed E-state index contributed by atoms with van der Waals surface area (Å²) in [6.45, 7) is 0. The Morgan fingerprint density at radius 3 is 2.57 bits per heavy atom. The van der Waals surface area contributed by atoms with Crippen LogP contribution in [0.15, 0.2) is 11.6 Å². The van der Waals surface area contributed by atoms with Crippen LogP contribution in [0.1, 0.15) is 32.1 Å². The van der Waals surface area contributed by atoms with Gasteiger partial charge in [-0.05, 0) is 32.1 Å². The highest BCUT2D eigenvalue weighted by Gasteiger charge is 2.20. The molecular weight excluding hydrogens is 184 g/mol. The van der Waals surface area contributed by atoms with Gasteiger partial charge in [-0.1, -0.05) is 6.08 Å². The summed E-state index contributed by atoms with van der Waals surface area (Å²) in [6.07, 6.45) is 4.60. The Labute approximate surface area is 82.2 Å². The van der Waals surface area contributed by atoms with Crippen molar-refractivity contribution in [3.8, 4) is 0 Å². The molecule has 2 N–H and O–H groups in total. The maximum absolute atomic E-state index is 10.7. The number of rotatable bonds is 2. The normalized spacial score (nSPS) is 26.9. The second kappa shape index (κ2) is 4.79. The fourth-order valence-corrected chi connectivity index (χ4v) is 1.66. The summed E-state index contributed by atoms with van der Waals surface area (Å²) in [6, 6.07) is 0. The summed E-state index contributed by atoms with van der Waals surface area (Å²) >= 11 is 0. The largest absolute Gasteiger partial charge is 0.481 e. The van der Waals surface area contributed by atoms with Gasteiger partial charge < -0.3 is 10.2 Å². The molecule has 78 valence electrons. The molecule has 0 heterocycles. The average Bonchev–Trinajstić information content (AvgIpc) is 2.01. The third-order valence-corrected chi connectivity index (χ3v) is 2.53. The van der Waals surface area contributed by atoms with Gasteiger partial charge in [-0.15, -0.1) is 0 Å². The molecule has 0 aromatic heterocycles. The SMILES string of the molecule is O=C(O)/C1=C/CCCC(C(=O)O)CC1. The first-order chi connectivity index (χ1) is 6.61. The van der Waals surface area contributed by atoms with Crippen LogP contribution in [-0.2, 0) is 9.59 Å². The minimum atomic E-state index is -0.920. The third kappa shape index (κ3) is 2.87. The first kappa shape index (κ1) is 10.8. The van der Waals surface area contributed by atoms with E-state index < -0.39 is 11.9 Å². The van der Waals surface area contributed by atoms with Crippen LogP contribution in [0, 0.1) is 5.92 Å². The first-order valence-electron chi connectivity index (χ1n) is 4.76. The molecule has 1 unspecified atom stereocenters. The molecule has 0 amide bonds. The van der Waals surface area contributed by atoms with Crippen molar-refractivity contribution < 1.29 is 19.8 Å². The lowest BCUT2D eigenvalue weighted by Gasteiger charge is -2.14. The lowest BCUT2D eigenvalue weighted by molar-refractivity contribution is -0.142. The molecule has 0 saturated heterocycles. The highest BCUT2D eigenvalue weighted by atomic mass is 16.4. The monoisotopic (exact) mass is 198 g/mol. The maximum Gasteiger partial charge on any atom is 0.331 e. The van der Waals surface area contributed by atoms with Gasteiger partial charge in [0.1, 0.15) is 0 Å². The van der Waals surface area contributed by atoms with Crippen molar-refractivity contribution in [3.63, 3.8) is 0 Å². The predicted octanol–water partition coefficient (Wildman–Crippen LogP) is 1.66. The van der Waals surface area contributed by atoms with Crippen LogP contribution >= 0.6 is 0 Å². The molecular formula is C10H14O4. The Balaban J connectivity index is 2.62. The second-order valence-electron chi connectivity index (χ2n) is 3.54. The van der Waals surface area contributed by atoms with E-state index in [1.54, 1.807) is 6.08 Å². The summed E-state index contributed by atoms with van der Waals surface area (Å²) in [7, 11) is 0. The lowest BCUT2D eigenvalue weighted by atomic mass is 9.91. The standard InChI is InChI=1S/C10H14O4/c11-9(12)7-3-1-2-4-8(6-5-7)10(13)14/h3,8H,1-2,4-6H2,(H,11,12)(H,13,14)/b7-3+. The van der Waals surface area contributed by atoms with Crippen molar-refractivity contribution in [1.29, 1.82) is 0 Å². The van der Waals surface area contributed by atoms with E-state index in [9.17, 15) is 9.59 Å². The molecule has 1 rings (SSSR count). The minimum Gasteiger partial charge on any atom is -0.481 e. The summed E-state index contributed by atoms with van der Waals surface area (Å²) in [5.41, 5.74) is 0.357. The highest BCUT2D eigenvalue weighted by Crippen LogP contribution is 2.22. The number of hydrogen-bond donors (Lipinski definition) is 2. The molecule has 0 saturated carbocycles. The zero-order valence-electron chi connectivity index (χ0n) is 7.90. The van der Waals surface area contributed by atoms with Crippen molar-refractivity contribution in [3.05, 3.63) is 11.6 Å². The van der Waals surface area contributed by atoms with Crippen molar-refractivity contribution >= 4 is 11.9 Å². The van der Waals surface area contributed by atoms with E-state index >= 15 is 0 Å². The number of hydrogen-bond acceptors (Lipinski definition) is 2. The topological polar surface area (TPSA) is 74.6 Å². The smallest absolute Gasteiger partial charge is 0.331 e. The molecule has 0 aromatic rings. The van der Waals surface area contributed by atoms with E-state index in [2.05, 4.69) is 0 Å². The minimum absolute atomic E-state index is 0.357. The van der Waals surface area contributed by atoms with Gasteiger partial charge in [0.2, 0.25) is 0 Å². The third-order valence-electron chi connectivity index (χ3n) is 2.53. The number of aliphatic carboxylic acids is 2. The maximum atomic E-state index is 10.7. The molecule has 0 bridgehead atoms. The van der Waals surface area contributed by atoms with E-state index in [0.717, 1.165) is 6.42 Å². The second-order valence-corrected chi connectivity index (χ2v) is 3.54. The quantitative estimate of drug-likeness (QED) is 0.707. The Hall–Kier alpha value is -1.32. The van der Waals surface area contributed by atoms with Crippen molar-refractivity contribution in [2.24, 2.45) is 5.92 Å². The molecule has 4 nitrogen and oxygen atoms in total. The van der Waals surface area contributed by atoms with Crippen LogP contribution in [0.25, 0.3) is 0 Å². The van der Waals surface area contributed by atoms with E-state index in [1.165, 1.54) is 0 Å². The highest BCUT2D eigenvalue weighted by molar-refractivity contribution is 5.86. The van der Waals surface area contributed by atoms with Crippen LogP contribution < -0.4 is 0 Å². The lowest BCUT2D eigenvalue weighted by Crippen LogP contribution is -2.16. The van der Waals surface area contributed by atoms with E-state index in [1.807, 2.05) is 0 Å². The van der Waals surface area contributed by atoms with Gasteiger partial charge in [-0.2, -0.15) is 0 Å². The molecule has 0 radical (unpaired) electrons. The summed E-state index contributed by atoms with van der Waals surface area (Å²) in [5.74, 6) is -2.11. The molecule has 14 heavy (non-hydrogen) atoms. The van der Waals surface area contributed by atoms with E-state index in [-0.39, 0.29) is 5.92 Å².